The molecule has 5 rings (SSSR count). The number of aromatic nitrogens is 2. The number of nitrogens with zero attached hydrogens (tertiary/aromatic N) is 4. The maximum absolute atomic E-state index is 14.1. The number of carboxylic acid groups (broad SMARTS) is 1. The number of carboxylic acids is 1. The second-order valence-electron chi connectivity index (χ2n) is 12.7. The van der Waals surface area contributed by atoms with Crippen LogP contribution in [0.5, 0.6) is 5.75 Å². The second kappa shape index (κ2) is 13.0. The van der Waals surface area contributed by atoms with Crippen LogP contribution in [0.4, 0.5) is 14.5 Å². The van der Waals surface area contributed by atoms with Crippen LogP contribution in [0.2, 0.25) is 5.02 Å². The van der Waals surface area contributed by atoms with Crippen LogP contribution in [0.1, 0.15) is 70.4 Å². The lowest BCUT2D eigenvalue weighted by molar-refractivity contribution is -0.156. The van der Waals surface area contributed by atoms with Crippen LogP contribution < -0.4 is 10.1 Å². The Hall–Kier alpha value is -3.25. The van der Waals surface area contributed by atoms with E-state index in [0.717, 1.165) is 18.5 Å². The van der Waals surface area contributed by atoms with Crippen molar-refractivity contribution in [2.75, 3.05) is 38.0 Å². The fraction of sp³-hybridized carbons (Fsp3) is 0.613. The number of carbonyl (C=O) groups excluding carboxylic acids is 2. The van der Waals surface area contributed by atoms with E-state index in [1.807, 2.05) is 19.9 Å². The molecule has 1 aromatic carbocycles. The maximum Gasteiger partial charge on any atom is 0.387 e. The van der Waals surface area contributed by atoms with Crippen LogP contribution in [0.25, 0.3) is 0 Å². The molecule has 2 aliphatic heterocycles. The Morgan fingerprint density at radius 3 is 2.36 bits per heavy atom. The summed E-state index contributed by atoms with van der Waals surface area (Å²) in [6.45, 7) is 2.90. The van der Waals surface area contributed by atoms with Gasteiger partial charge in [0, 0.05) is 62.1 Å². The average molecular weight is 636 g/mol. The van der Waals surface area contributed by atoms with Gasteiger partial charge in [0.1, 0.15) is 5.54 Å². The first-order chi connectivity index (χ1) is 20.9. The number of likely N-dealkylation sites (tertiary alicyclic amines) is 2. The van der Waals surface area contributed by atoms with Crippen LogP contribution in [0.3, 0.4) is 0 Å². The molecule has 2 saturated heterocycles. The number of hydrogen-bond acceptors (Lipinski definition) is 6. The van der Waals surface area contributed by atoms with Gasteiger partial charge >= 0.3 is 12.6 Å². The summed E-state index contributed by atoms with van der Waals surface area (Å²) in [7, 11) is 0. The summed E-state index contributed by atoms with van der Waals surface area (Å²) >= 11 is 6.01. The summed E-state index contributed by atoms with van der Waals surface area (Å²) in [4.78, 5) is 43.3. The fourth-order valence-electron chi connectivity index (χ4n) is 6.51. The van der Waals surface area contributed by atoms with Gasteiger partial charge in [0.15, 0.2) is 5.75 Å². The predicted molar refractivity (Wildman–Crippen MR) is 160 cm³/mol. The zero-order valence-corrected chi connectivity index (χ0v) is 25.9. The van der Waals surface area contributed by atoms with Gasteiger partial charge in [0.25, 0.3) is 5.91 Å². The summed E-state index contributed by atoms with van der Waals surface area (Å²) in [6, 6.07) is 5.99. The van der Waals surface area contributed by atoms with E-state index in [9.17, 15) is 28.3 Å². The zero-order chi connectivity index (χ0) is 31.6. The highest BCUT2D eigenvalue weighted by atomic mass is 35.5. The number of halogens is 3. The molecule has 44 heavy (non-hydrogen) atoms. The molecule has 1 saturated carbocycles. The van der Waals surface area contributed by atoms with Gasteiger partial charge in [-0.05, 0) is 68.6 Å². The van der Waals surface area contributed by atoms with Crippen molar-refractivity contribution in [2.24, 2.45) is 11.3 Å². The minimum atomic E-state index is -3.11. The molecule has 2 N–H and O–H groups in total. The molecule has 10 nitrogen and oxygen atoms in total. The van der Waals surface area contributed by atoms with E-state index in [0.29, 0.717) is 70.7 Å². The van der Waals surface area contributed by atoms with Gasteiger partial charge in [-0.25, -0.2) is 0 Å². The quantitative estimate of drug-likeness (QED) is 0.349. The molecule has 0 spiro atoms. The number of hydrogen-bond donors (Lipinski definition) is 2. The topological polar surface area (TPSA) is 117 Å². The van der Waals surface area contributed by atoms with Crippen LogP contribution in [-0.2, 0) is 19.9 Å². The van der Waals surface area contributed by atoms with Gasteiger partial charge in [0.2, 0.25) is 5.91 Å². The van der Waals surface area contributed by atoms with Crippen molar-refractivity contribution in [1.29, 1.82) is 0 Å². The average Bonchev–Trinajstić information content (AvgIpc) is 3.64. The number of anilines is 1. The zero-order valence-electron chi connectivity index (χ0n) is 25.1. The Labute approximate surface area is 260 Å². The summed E-state index contributed by atoms with van der Waals surface area (Å²) in [5.41, 5.74) is -1.24. The molecule has 3 aliphatic rings. The number of benzene rings is 1. The van der Waals surface area contributed by atoms with E-state index in [2.05, 4.69) is 20.1 Å². The maximum atomic E-state index is 14.1. The minimum absolute atomic E-state index is 0.0524. The third kappa shape index (κ3) is 6.86. The van der Waals surface area contributed by atoms with Crippen molar-refractivity contribution < 1.29 is 33.0 Å². The smallest absolute Gasteiger partial charge is 0.387 e. The third-order valence-corrected chi connectivity index (χ3v) is 9.63. The van der Waals surface area contributed by atoms with Crippen LogP contribution in [-0.4, -0.2) is 81.8 Å². The van der Waals surface area contributed by atoms with Crippen LogP contribution >= 0.6 is 11.6 Å². The molecule has 2 aromatic rings. The van der Waals surface area contributed by atoms with E-state index >= 15 is 0 Å². The van der Waals surface area contributed by atoms with Gasteiger partial charge in [0.05, 0.1) is 11.1 Å². The SMILES string of the molecule is CC(C)c1ccnn1C1(C(=O)Nc2ccc(Cl)cc2OC(F)F)CCN(CC2(C(=O)O)CCN(C(=O)CC3CC3)CC2)CC1. The van der Waals surface area contributed by atoms with Gasteiger partial charge in [-0.1, -0.05) is 25.4 Å². The summed E-state index contributed by atoms with van der Waals surface area (Å²) in [6.07, 6.45) is 5.77. The van der Waals surface area contributed by atoms with Gasteiger partial charge in [-0.2, -0.15) is 13.9 Å². The van der Waals surface area contributed by atoms with E-state index in [1.54, 1.807) is 15.8 Å². The lowest BCUT2D eigenvalue weighted by Gasteiger charge is -2.46. The molecule has 1 aliphatic carbocycles. The van der Waals surface area contributed by atoms with Crippen molar-refractivity contribution >= 4 is 35.1 Å². The number of nitrogens with one attached hydrogen (secondary N) is 1. The molecule has 0 radical (unpaired) electrons. The molecule has 0 atom stereocenters. The number of rotatable bonds is 11. The van der Waals surface area contributed by atoms with E-state index in [4.69, 9.17) is 11.6 Å². The molecule has 3 fully saturated rings. The van der Waals surface area contributed by atoms with Crippen molar-refractivity contribution in [3.63, 3.8) is 0 Å². The summed E-state index contributed by atoms with van der Waals surface area (Å²) in [5, 5.41) is 17.9. The molecule has 3 heterocycles. The monoisotopic (exact) mass is 635 g/mol. The fourth-order valence-corrected chi connectivity index (χ4v) is 6.67. The van der Waals surface area contributed by atoms with Gasteiger partial charge in [-0.15, -0.1) is 0 Å². The second-order valence-corrected chi connectivity index (χ2v) is 13.2. The highest BCUT2D eigenvalue weighted by Gasteiger charge is 2.49. The number of aliphatic carboxylic acids is 1. The highest BCUT2D eigenvalue weighted by molar-refractivity contribution is 6.30. The molecule has 1 aromatic heterocycles. The molecule has 0 bridgehead atoms. The molecular weight excluding hydrogens is 596 g/mol. The number of carbonyl (C=O) groups is 3. The van der Waals surface area contributed by atoms with Crippen molar-refractivity contribution in [1.82, 2.24) is 19.6 Å². The summed E-state index contributed by atoms with van der Waals surface area (Å²) in [5.74, 6) is -0.902. The van der Waals surface area contributed by atoms with E-state index in [1.165, 1.54) is 18.2 Å². The van der Waals surface area contributed by atoms with Crippen LogP contribution in [0.15, 0.2) is 30.5 Å². The van der Waals surface area contributed by atoms with Crippen LogP contribution in [0, 0.1) is 11.3 Å². The van der Waals surface area contributed by atoms with E-state index in [-0.39, 0.29) is 28.3 Å². The molecule has 2 amide bonds. The minimum Gasteiger partial charge on any atom is -0.481 e. The molecular formula is C31H40ClF2N5O5. The lowest BCUT2D eigenvalue weighted by Crippen LogP contribution is -2.57. The lowest BCUT2D eigenvalue weighted by atomic mass is 9.76. The van der Waals surface area contributed by atoms with Crippen molar-refractivity contribution in [3.05, 3.63) is 41.2 Å². The van der Waals surface area contributed by atoms with Crippen molar-refractivity contribution in [2.45, 2.75) is 76.9 Å². The number of ether oxygens (including phenoxy) is 1. The first-order valence-electron chi connectivity index (χ1n) is 15.3. The highest BCUT2D eigenvalue weighted by Crippen LogP contribution is 2.40. The first-order valence-corrected chi connectivity index (χ1v) is 15.6. The van der Waals surface area contributed by atoms with Crippen molar-refractivity contribution in [3.8, 4) is 5.75 Å². The third-order valence-electron chi connectivity index (χ3n) is 9.40. The van der Waals surface area contributed by atoms with E-state index < -0.39 is 29.4 Å². The van der Waals surface area contributed by atoms with Gasteiger partial charge < -0.3 is 25.0 Å². The standard InChI is InChI=1S/C31H40ClF2N5O5/c1-20(2)24-7-12-35-39(24)31(27(41)36-23-6-5-22(32)18-25(23)44-29(33)34)10-13-37(14-11-31)19-30(28(42)43)8-15-38(16-9-30)26(40)17-21-3-4-21/h5-7,12,18,20-21,29H,3-4,8-11,13-17,19H2,1-2H3,(H,36,41)(H,42,43). The Kier molecular flexibility index (Phi) is 9.50. The summed E-state index contributed by atoms with van der Waals surface area (Å²) < 4.78 is 32.6. The normalized spacial score (nSPS) is 20.1. The first kappa shape index (κ1) is 32.2. The van der Waals surface area contributed by atoms with Gasteiger partial charge in [-0.3, -0.25) is 19.1 Å². The molecule has 13 heteroatoms. The Balaban J connectivity index is 1.33. The number of amides is 2. The molecule has 240 valence electrons. The Morgan fingerprint density at radius 1 is 1.09 bits per heavy atom. The largest absolute Gasteiger partial charge is 0.481 e. The number of alkyl halides is 2. The molecule has 0 unspecified atom stereocenters. The number of piperidine rings is 2. The Bertz CT molecular complexity index is 1360. The Morgan fingerprint density at radius 2 is 1.77 bits per heavy atom. The predicted octanol–water partition coefficient (Wildman–Crippen LogP) is 5.18.